The van der Waals surface area contributed by atoms with E-state index in [1.54, 1.807) is 12.3 Å². The molecular weight excluding hydrogens is 238 g/mol. The van der Waals surface area contributed by atoms with Crippen molar-refractivity contribution in [2.24, 2.45) is 5.92 Å². The van der Waals surface area contributed by atoms with Crippen LogP contribution in [0.1, 0.15) is 50.0 Å². The van der Waals surface area contributed by atoms with Gasteiger partial charge in [-0.15, -0.1) is 0 Å². The van der Waals surface area contributed by atoms with Crippen molar-refractivity contribution in [3.05, 3.63) is 24.0 Å². The minimum Gasteiger partial charge on any atom is -0.384 e. The van der Waals surface area contributed by atoms with Crippen molar-refractivity contribution in [1.29, 1.82) is 0 Å². The first kappa shape index (κ1) is 13.8. The fourth-order valence-electron chi connectivity index (χ4n) is 2.50. The third-order valence-corrected chi connectivity index (χ3v) is 3.73. The highest BCUT2D eigenvalue weighted by molar-refractivity contribution is 5.92. The molecule has 1 aliphatic rings. The monoisotopic (exact) mass is 261 g/mol. The van der Waals surface area contributed by atoms with E-state index in [1.807, 2.05) is 13.0 Å². The normalized spacial score (nSPS) is 22.8. The Balaban J connectivity index is 1.88. The van der Waals surface area contributed by atoms with Crippen LogP contribution in [0.5, 0.6) is 0 Å². The lowest BCUT2D eigenvalue weighted by atomic mass is 9.87. The number of hydrogen-bond acceptors (Lipinski definition) is 3. The first-order valence-electron chi connectivity index (χ1n) is 7.19. The molecule has 0 aliphatic heterocycles. The first-order chi connectivity index (χ1) is 9.19. The molecule has 0 unspecified atom stereocenters. The van der Waals surface area contributed by atoms with E-state index in [1.165, 1.54) is 12.8 Å². The molecule has 0 spiro atoms. The van der Waals surface area contributed by atoms with Gasteiger partial charge in [-0.2, -0.15) is 0 Å². The number of amides is 1. The van der Waals surface area contributed by atoms with Gasteiger partial charge in [0.15, 0.2) is 0 Å². The smallest absolute Gasteiger partial charge is 0.270 e. The Morgan fingerprint density at radius 2 is 2.05 bits per heavy atom. The number of aromatic nitrogens is 1. The Labute approximate surface area is 115 Å². The number of carbonyl (C=O) groups excluding carboxylic acids is 1. The molecule has 1 aliphatic carbocycles. The molecule has 0 aromatic carbocycles. The summed E-state index contributed by atoms with van der Waals surface area (Å²) < 4.78 is 0. The fourth-order valence-corrected chi connectivity index (χ4v) is 2.50. The Morgan fingerprint density at radius 3 is 2.63 bits per heavy atom. The third-order valence-electron chi connectivity index (χ3n) is 3.73. The number of rotatable bonds is 4. The lowest BCUT2D eigenvalue weighted by Crippen LogP contribution is -2.37. The van der Waals surface area contributed by atoms with E-state index >= 15 is 0 Å². The van der Waals surface area contributed by atoms with E-state index < -0.39 is 0 Å². The Morgan fingerprint density at radius 1 is 1.32 bits per heavy atom. The Kier molecular flexibility index (Phi) is 4.77. The third kappa shape index (κ3) is 3.94. The quantitative estimate of drug-likeness (QED) is 0.876. The predicted molar refractivity (Wildman–Crippen MR) is 77.3 cm³/mol. The van der Waals surface area contributed by atoms with E-state index in [2.05, 4.69) is 22.5 Å². The maximum Gasteiger partial charge on any atom is 0.270 e. The minimum absolute atomic E-state index is 0.0531. The molecule has 1 aromatic rings. The summed E-state index contributed by atoms with van der Waals surface area (Å²) in [6, 6.07) is 3.99. The Hall–Kier alpha value is -1.58. The standard InChI is InChI=1S/C15H23N3O/c1-3-16-13-8-9-14(17-10-13)15(19)18-12-6-4-11(2)5-7-12/h8-12,16H,3-7H2,1-2H3,(H,18,19). The van der Waals surface area contributed by atoms with Crippen LogP contribution in [0.2, 0.25) is 0 Å². The van der Waals surface area contributed by atoms with Crippen LogP contribution >= 0.6 is 0 Å². The molecule has 4 heteroatoms. The van der Waals surface area contributed by atoms with Crippen molar-refractivity contribution < 1.29 is 4.79 Å². The molecule has 1 fully saturated rings. The summed E-state index contributed by atoms with van der Waals surface area (Å²) in [5, 5.41) is 6.25. The minimum atomic E-state index is -0.0531. The van der Waals surface area contributed by atoms with Crippen LogP contribution in [0, 0.1) is 5.92 Å². The molecule has 19 heavy (non-hydrogen) atoms. The van der Waals surface area contributed by atoms with Gasteiger partial charge in [0.1, 0.15) is 5.69 Å². The number of nitrogens with one attached hydrogen (secondary N) is 2. The van der Waals surface area contributed by atoms with Crippen LogP contribution in [0.4, 0.5) is 5.69 Å². The second-order valence-electron chi connectivity index (χ2n) is 5.39. The van der Waals surface area contributed by atoms with Crippen molar-refractivity contribution >= 4 is 11.6 Å². The zero-order valence-corrected chi connectivity index (χ0v) is 11.8. The largest absolute Gasteiger partial charge is 0.384 e. The molecule has 104 valence electrons. The van der Waals surface area contributed by atoms with Crippen LogP contribution in [-0.2, 0) is 0 Å². The van der Waals surface area contributed by atoms with Crippen molar-refractivity contribution in [3.63, 3.8) is 0 Å². The van der Waals surface area contributed by atoms with E-state index in [0.29, 0.717) is 11.7 Å². The molecule has 1 heterocycles. The second-order valence-corrected chi connectivity index (χ2v) is 5.39. The van der Waals surface area contributed by atoms with E-state index in [0.717, 1.165) is 31.0 Å². The van der Waals surface area contributed by atoms with E-state index in [9.17, 15) is 4.79 Å². The van der Waals surface area contributed by atoms with Crippen LogP contribution in [-0.4, -0.2) is 23.5 Å². The van der Waals surface area contributed by atoms with Gasteiger partial charge >= 0.3 is 0 Å². The maximum atomic E-state index is 12.1. The predicted octanol–water partition coefficient (Wildman–Crippen LogP) is 2.82. The average Bonchev–Trinajstić information content (AvgIpc) is 2.42. The second kappa shape index (κ2) is 6.55. The van der Waals surface area contributed by atoms with Gasteiger partial charge in [0, 0.05) is 12.6 Å². The van der Waals surface area contributed by atoms with Crippen LogP contribution in [0.25, 0.3) is 0 Å². The van der Waals surface area contributed by atoms with Gasteiger partial charge in [0.25, 0.3) is 5.91 Å². The van der Waals surface area contributed by atoms with Gasteiger partial charge in [-0.25, -0.2) is 4.98 Å². The van der Waals surface area contributed by atoms with Gasteiger partial charge in [-0.1, -0.05) is 6.92 Å². The van der Waals surface area contributed by atoms with Gasteiger partial charge in [-0.3, -0.25) is 4.79 Å². The Bertz CT molecular complexity index is 408. The summed E-state index contributed by atoms with van der Waals surface area (Å²) in [4.78, 5) is 16.3. The van der Waals surface area contributed by atoms with Crippen molar-refractivity contribution in [2.45, 2.75) is 45.6 Å². The first-order valence-corrected chi connectivity index (χ1v) is 7.19. The number of pyridine rings is 1. The molecule has 1 amide bonds. The highest BCUT2D eigenvalue weighted by Crippen LogP contribution is 2.23. The van der Waals surface area contributed by atoms with Crippen molar-refractivity contribution in [3.8, 4) is 0 Å². The van der Waals surface area contributed by atoms with Crippen molar-refractivity contribution in [1.82, 2.24) is 10.3 Å². The van der Waals surface area contributed by atoms with Crippen LogP contribution < -0.4 is 10.6 Å². The van der Waals surface area contributed by atoms with Gasteiger partial charge in [-0.05, 0) is 50.7 Å². The average molecular weight is 261 g/mol. The zero-order chi connectivity index (χ0) is 13.7. The number of hydrogen-bond donors (Lipinski definition) is 2. The van der Waals surface area contributed by atoms with Crippen LogP contribution in [0.15, 0.2) is 18.3 Å². The molecule has 4 nitrogen and oxygen atoms in total. The molecule has 0 saturated heterocycles. The topological polar surface area (TPSA) is 54.0 Å². The molecule has 0 radical (unpaired) electrons. The maximum absolute atomic E-state index is 12.1. The zero-order valence-electron chi connectivity index (χ0n) is 11.8. The molecule has 2 rings (SSSR count). The lowest BCUT2D eigenvalue weighted by molar-refractivity contribution is 0.0918. The van der Waals surface area contributed by atoms with Crippen LogP contribution in [0.3, 0.4) is 0 Å². The summed E-state index contributed by atoms with van der Waals surface area (Å²) in [5.41, 5.74) is 1.45. The van der Waals surface area contributed by atoms with Gasteiger partial charge in [0.2, 0.25) is 0 Å². The fraction of sp³-hybridized carbons (Fsp3) is 0.600. The summed E-state index contributed by atoms with van der Waals surface area (Å²) in [6.07, 6.45) is 6.29. The van der Waals surface area contributed by atoms with E-state index in [-0.39, 0.29) is 5.91 Å². The number of carbonyl (C=O) groups is 1. The SMILES string of the molecule is CCNc1ccc(C(=O)NC2CCC(C)CC2)nc1. The molecule has 1 aromatic heterocycles. The van der Waals surface area contributed by atoms with Gasteiger partial charge in [0.05, 0.1) is 11.9 Å². The number of anilines is 1. The molecule has 2 N–H and O–H groups in total. The molecule has 1 saturated carbocycles. The molecular formula is C15H23N3O. The summed E-state index contributed by atoms with van der Waals surface area (Å²) in [7, 11) is 0. The lowest BCUT2D eigenvalue weighted by Gasteiger charge is -2.26. The van der Waals surface area contributed by atoms with Crippen molar-refractivity contribution in [2.75, 3.05) is 11.9 Å². The summed E-state index contributed by atoms with van der Waals surface area (Å²) in [6.45, 7) is 5.16. The highest BCUT2D eigenvalue weighted by Gasteiger charge is 2.20. The molecule has 0 atom stereocenters. The highest BCUT2D eigenvalue weighted by atomic mass is 16.1. The molecule has 0 bridgehead atoms. The van der Waals surface area contributed by atoms with E-state index in [4.69, 9.17) is 0 Å². The number of nitrogens with zero attached hydrogens (tertiary/aromatic N) is 1. The summed E-state index contributed by atoms with van der Waals surface area (Å²) in [5.74, 6) is 0.744. The summed E-state index contributed by atoms with van der Waals surface area (Å²) >= 11 is 0. The van der Waals surface area contributed by atoms with Gasteiger partial charge < -0.3 is 10.6 Å².